The van der Waals surface area contributed by atoms with Crippen molar-refractivity contribution in [1.82, 2.24) is 9.88 Å². The number of aromatic nitrogens is 1. The largest absolute Gasteiger partial charge is 0.772 e. The Morgan fingerprint density at radius 1 is 1.39 bits per heavy atom. The number of piperidine rings is 1. The molecule has 2 aromatic rings. The maximum atomic E-state index is 10.9. The maximum absolute atomic E-state index is 10.9. The molecule has 23 heavy (non-hydrogen) atoms. The number of nitrogen functional groups attached to an aromatic ring is 1. The zero-order valence-corrected chi connectivity index (χ0v) is 14.1. The average Bonchev–Trinajstić information content (AvgIpc) is 2.52. The van der Waals surface area contributed by atoms with Crippen LogP contribution < -0.4 is 5.73 Å². The van der Waals surface area contributed by atoms with Gasteiger partial charge in [-0.1, -0.05) is 17.1 Å². The molecule has 124 valence electrons. The standard InChI is InChI=1S/C17H23N3O2S/c1-20-6-4-12(5-7-20)8-13-2-3-16-15(9-13)17(18)14(10-19-16)11-23(21)22/h2-3,9-10,12H,4-8,11H2,1H3,(H2,18,19)(H,21,22)/p-1. The van der Waals surface area contributed by atoms with E-state index in [0.29, 0.717) is 17.2 Å². The highest BCUT2D eigenvalue weighted by Crippen LogP contribution is 2.27. The summed E-state index contributed by atoms with van der Waals surface area (Å²) in [5.41, 5.74) is 9.34. The van der Waals surface area contributed by atoms with Gasteiger partial charge in [0.1, 0.15) is 0 Å². The fourth-order valence-electron chi connectivity index (χ4n) is 3.27. The molecule has 3 rings (SSSR count). The summed E-state index contributed by atoms with van der Waals surface area (Å²) in [6.07, 6.45) is 5.04. The molecule has 1 aliphatic rings. The number of anilines is 1. The Bertz CT molecular complexity index is 727. The molecule has 0 aliphatic carbocycles. The van der Waals surface area contributed by atoms with E-state index < -0.39 is 11.1 Å². The summed E-state index contributed by atoms with van der Waals surface area (Å²) in [4.78, 5) is 6.70. The van der Waals surface area contributed by atoms with E-state index in [9.17, 15) is 8.76 Å². The molecule has 0 radical (unpaired) electrons. The summed E-state index contributed by atoms with van der Waals surface area (Å²) >= 11 is -2.16. The fraction of sp³-hybridized carbons (Fsp3) is 0.471. The molecule has 1 aromatic heterocycles. The predicted molar refractivity (Wildman–Crippen MR) is 92.7 cm³/mol. The number of rotatable bonds is 4. The van der Waals surface area contributed by atoms with Crippen molar-refractivity contribution in [2.24, 2.45) is 5.92 Å². The molecular weight excluding hydrogens is 310 g/mol. The van der Waals surface area contributed by atoms with E-state index in [4.69, 9.17) is 5.73 Å². The van der Waals surface area contributed by atoms with Crippen molar-refractivity contribution in [2.75, 3.05) is 25.9 Å². The Balaban J connectivity index is 1.85. The summed E-state index contributed by atoms with van der Waals surface area (Å²) < 4.78 is 21.9. The Hall–Kier alpha value is -1.50. The molecule has 0 amide bonds. The molecule has 1 atom stereocenters. The second-order valence-electron chi connectivity index (χ2n) is 6.45. The zero-order valence-electron chi connectivity index (χ0n) is 13.3. The zero-order chi connectivity index (χ0) is 16.4. The van der Waals surface area contributed by atoms with Crippen LogP contribution in [0.2, 0.25) is 0 Å². The number of nitrogens with two attached hydrogens (primary N) is 1. The van der Waals surface area contributed by atoms with Crippen molar-refractivity contribution in [3.63, 3.8) is 0 Å². The minimum Gasteiger partial charge on any atom is -0.772 e. The van der Waals surface area contributed by atoms with Gasteiger partial charge in [-0.05, 0) is 63.0 Å². The van der Waals surface area contributed by atoms with Gasteiger partial charge in [0.15, 0.2) is 0 Å². The van der Waals surface area contributed by atoms with Gasteiger partial charge in [-0.15, -0.1) is 0 Å². The van der Waals surface area contributed by atoms with Gasteiger partial charge in [-0.25, -0.2) is 0 Å². The number of hydrogen-bond donors (Lipinski definition) is 1. The molecule has 5 nitrogen and oxygen atoms in total. The monoisotopic (exact) mass is 332 g/mol. The molecule has 2 N–H and O–H groups in total. The Morgan fingerprint density at radius 3 is 2.83 bits per heavy atom. The lowest BCUT2D eigenvalue weighted by molar-refractivity contribution is 0.219. The van der Waals surface area contributed by atoms with Crippen LogP contribution in [0.15, 0.2) is 24.4 Å². The van der Waals surface area contributed by atoms with Crippen LogP contribution in [0.25, 0.3) is 10.9 Å². The summed E-state index contributed by atoms with van der Waals surface area (Å²) in [6, 6.07) is 6.17. The van der Waals surface area contributed by atoms with Gasteiger partial charge >= 0.3 is 0 Å². The van der Waals surface area contributed by atoms with Crippen LogP contribution >= 0.6 is 0 Å². The second kappa shape index (κ2) is 6.95. The lowest BCUT2D eigenvalue weighted by Crippen LogP contribution is -2.30. The Kier molecular flexibility index (Phi) is 4.94. The molecule has 2 heterocycles. The lowest BCUT2D eigenvalue weighted by Gasteiger charge is -2.29. The number of fused-ring (bicyclic) bond motifs is 1. The predicted octanol–water partition coefficient (Wildman–Crippen LogP) is 2.08. The molecule has 0 saturated carbocycles. The van der Waals surface area contributed by atoms with Gasteiger partial charge in [0.05, 0.1) is 5.52 Å². The molecule has 1 fully saturated rings. The van der Waals surface area contributed by atoms with Gasteiger partial charge in [0.25, 0.3) is 0 Å². The first-order valence-corrected chi connectivity index (χ1v) is 9.17. The minimum absolute atomic E-state index is 0.0893. The highest BCUT2D eigenvalue weighted by atomic mass is 32.2. The van der Waals surface area contributed by atoms with E-state index >= 15 is 0 Å². The first kappa shape index (κ1) is 16.4. The molecule has 1 unspecified atom stereocenters. The number of benzene rings is 1. The van der Waals surface area contributed by atoms with Gasteiger partial charge in [-0.2, -0.15) is 0 Å². The van der Waals surface area contributed by atoms with Crippen LogP contribution in [0.5, 0.6) is 0 Å². The van der Waals surface area contributed by atoms with E-state index in [0.717, 1.165) is 30.4 Å². The van der Waals surface area contributed by atoms with Gasteiger partial charge in [-0.3, -0.25) is 9.19 Å². The van der Waals surface area contributed by atoms with Crippen LogP contribution in [0.4, 0.5) is 5.69 Å². The SMILES string of the molecule is CN1CCC(Cc2ccc3ncc(CS(=O)[O-])c(N)c3c2)CC1. The molecule has 0 bridgehead atoms. The number of likely N-dealkylation sites (tertiary alicyclic amines) is 1. The highest BCUT2D eigenvalue weighted by Gasteiger charge is 2.17. The second-order valence-corrected chi connectivity index (χ2v) is 7.34. The number of hydrogen-bond acceptors (Lipinski definition) is 5. The third-order valence-electron chi connectivity index (χ3n) is 4.69. The van der Waals surface area contributed by atoms with E-state index in [2.05, 4.69) is 29.1 Å². The third kappa shape index (κ3) is 3.88. The highest BCUT2D eigenvalue weighted by molar-refractivity contribution is 7.78. The Labute approximate surface area is 139 Å². The Morgan fingerprint density at radius 2 is 2.13 bits per heavy atom. The molecule has 0 spiro atoms. The summed E-state index contributed by atoms with van der Waals surface area (Å²) in [7, 11) is 2.17. The fourth-order valence-corrected chi connectivity index (χ4v) is 3.75. The lowest BCUT2D eigenvalue weighted by atomic mass is 9.90. The van der Waals surface area contributed by atoms with Crippen molar-refractivity contribution in [3.05, 3.63) is 35.5 Å². The maximum Gasteiger partial charge on any atom is 0.0723 e. The smallest absolute Gasteiger partial charge is 0.0723 e. The summed E-state index contributed by atoms with van der Waals surface area (Å²) in [6.45, 7) is 2.31. The molecule has 1 aliphatic heterocycles. The van der Waals surface area contributed by atoms with Crippen LogP contribution in [-0.2, 0) is 23.3 Å². The van der Waals surface area contributed by atoms with E-state index in [1.165, 1.54) is 18.4 Å². The van der Waals surface area contributed by atoms with Crippen molar-refractivity contribution in [1.29, 1.82) is 0 Å². The molecule has 1 saturated heterocycles. The summed E-state index contributed by atoms with van der Waals surface area (Å²) in [5.74, 6) is 0.615. The van der Waals surface area contributed by atoms with E-state index in [1.54, 1.807) is 6.20 Å². The van der Waals surface area contributed by atoms with Crippen LogP contribution in [0.1, 0.15) is 24.0 Å². The van der Waals surface area contributed by atoms with E-state index in [-0.39, 0.29) is 5.75 Å². The van der Waals surface area contributed by atoms with Crippen LogP contribution in [0, 0.1) is 5.92 Å². The quantitative estimate of drug-likeness (QED) is 0.867. The van der Waals surface area contributed by atoms with Crippen molar-refractivity contribution >= 4 is 27.7 Å². The summed E-state index contributed by atoms with van der Waals surface area (Å²) in [5, 5.41) is 0.860. The van der Waals surface area contributed by atoms with Crippen molar-refractivity contribution in [3.8, 4) is 0 Å². The molecule has 1 aromatic carbocycles. The van der Waals surface area contributed by atoms with Crippen LogP contribution in [-0.4, -0.2) is 38.8 Å². The first-order valence-electron chi connectivity index (χ1n) is 7.93. The van der Waals surface area contributed by atoms with Gasteiger partial charge in [0, 0.05) is 28.6 Å². The average molecular weight is 332 g/mol. The van der Waals surface area contributed by atoms with E-state index in [1.807, 2.05) is 6.07 Å². The molecular formula is C17H22N3O2S-. The van der Waals surface area contributed by atoms with Crippen molar-refractivity contribution in [2.45, 2.75) is 25.0 Å². The number of pyridine rings is 1. The topological polar surface area (TPSA) is 82.3 Å². The first-order chi connectivity index (χ1) is 11.0. The van der Waals surface area contributed by atoms with Crippen molar-refractivity contribution < 1.29 is 8.76 Å². The molecule has 6 heteroatoms. The van der Waals surface area contributed by atoms with Gasteiger partial charge < -0.3 is 15.2 Å². The minimum atomic E-state index is -2.16. The third-order valence-corrected chi connectivity index (χ3v) is 5.24. The van der Waals surface area contributed by atoms with Gasteiger partial charge in [0.2, 0.25) is 0 Å². The van der Waals surface area contributed by atoms with Crippen LogP contribution in [0.3, 0.4) is 0 Å². The normalized spacial score (nSPS) is 18.3. The number of nitrogens with zero attached hydrogens (tertiary/aromatic N) is 2.